The van der Waals surface area contributed by atoms with Gasteiger partial charge in [-0.15, -0.1) is 0 Å². The largest absolute Gasteiger partial charge is 0.486 e. The first-order chi connectivity index (χ1) is 18.2. The van der Waals surface area contributed by atoms with Crippen molar-refractivity contribution in [1.29, 1.82) is 0 Å². The minimum absolute atomic E-state index is 0.0431. The lowest BCUT2D eigenvalue weighted by Gasteiger charge is -2.34. The summed E-state index contributed by atoms with van der Waals surface area (Å²) in [6, 6.07) is 8.36. The number of anilines is 4. The second-order valence-corrected chi connectivity index (χ2v) is 9.30. The molecule has 0 spiro atoms. The fraction of sp³-hybridized carbons (Fsp3) is 0.308. The summed E-state index contributed by atoms with van der Waals surface area (Å²) in [7, 11) is 3.32. The Bertz CT molecular complexity index is 1510. The Morgan fingerprint density at radius 2 is 1.97 bits per heavy atom. The van der Waals surface area contributed by atoms with Crippen LogP contribution in [0.25, 0.3) is 22.4 Å². The highest BCUT2D eigenvalue weighted by atomic mass is 19.1. The molecule has 0 unspecified atom stereocenters. The number of hydrogen-bond acceptors (Lipinski definition) is 9. The minimum atomic E-state index is -0.683. The summed E-state index contributed by atoms with van der Waals surface area (Å²) >= 11 is 0. The molecule has 1 amide bonds. The predicted octanol–water partition coefficient (Wildman–Crippen LogP) is 4.41. The molecular weight excluding hydrogens is 496 g/mol. The van der Waals surface area contributed by atoms with Crippen molar-refractivity contribution in [2.75, 3.05) is 49.3 Å². The molecule has 12 heteroatoms. The van der Waals surface area contributed by atoms with Crippen LogP contribution in [0.5, 0.6) is 5.75 Å². The number of nitrogens with one attached hydrogen (secondary N) is 2. The number of likely N-dealkylation sites (N-methyl/N-ethyl adjacent to an activating group) is 1. The fourth-order valence-corrected chi connectivity index (χ4v) is 4.12. The number of aromatic nitrogens is 3. The second-order valence-electron chi connectivity index (χ2n) is 9.30. The molecule has 0 atom stereocenters. The standard InChI is InChI=1S/C26H27F2N7O3/c1-14(2)35-7-8-37-24-17(27)9-15(10-20(24)35)23-18(28)12-29-25(33-23)31-16-5-6-21-19(11-16)32-26(38-21)30-13-22(36)34(3)4/h5-6,9-12,14H,7-8,13H2,1-4H3,(H,30,32)(H,29,31,33). The van der Waals surface area contributed by atoms with E-state index in [1.165, 1.54) is 11.0 Å². The van der Waals surface area contributed by atoms with Crippen LogP contribution < -0.4 is 20.3 Å². The number of carbonyl (C=O) groups is 1. The summed E-state index contributed by atoms with van der Waals surface area (Å²) in [5, 5.41) is 5.88. The van der Waals surface area contributed by atoms with Crippen molar-refractivity contribution in [1.82, 2.24) is 19.9 Å². The summed E-state index contributed by atoms with van der Waals surface area (Å²) in [5.74, 6) is -1.11. The lowest BCUT2D eigenvalue weighted by Crippen LogP contribution is -2.38. The van der Waals surface area contributed by atoms with Crippen LogP contribution >= 0.6 is 0 Å². The summed E-state index contributed by atoms with van der Waals surface area (Å²) < 4.78 is 40.9. The number of hydrogen-bond donors (Lipinski definition) is 2. The molecule has 0 saturated heterocycles. The Morgan fingerprint density at radius 1 is 1.16 bits per heavy atom. The maximum Gasteiger partial charge on any atom is 0.296 e. The van der Waals surface area contributed by atoms with Crippen LogP contribution in [0.3, 0.4) is 0 Å². The van der Waals surface area contributed by atoms with Gasteiger partial charge in [-0.25, -0.2) is 18.7 Å². The molecule has 4 aromatic rings. The highest BCUT2D eigenvalue weighted by molar-refractivity contribution is 5.82. The van der Waals surface area contributed by atoms with Crippen molar-refractivity contribution >= 4 is 40.3 Å². The van der Waals surface area contributed by atoms with Crippen LogP contribution in [0.1, 0.15) is 13.8 Å². The molecule has 2 aromatic carbocycles. The van der Waals surface area contributed by atoms with Crippen LogP contribution in [0.15, 0.2) is 40.9 Å². The monoisotopic (exact) mass is 523 g/mol. The second kappa shape index (κ2) is 10.1. The molecular formula is C26H27F2N7O3. The first-order valence-electron chi connectivity index (χ1n) is 12.1. The average molecular weight is 524 g/mol. The van der Waals surface area contributed by atoms with Gasteiger partial charge in [0.2, 0.25) is 11.9 Å². The molecule has 3 heterocycles. The Labute approximate surface area is 217 Å². The summed E-state index contributed by atoms with van der Waals surface area (Å²) in [6.07, 6.45) is 1.04. The number of fused-ring (bicyclic) bond motifs is 2. The molecule has 0 radical (unpaired) electrons. The highest BCUT2D eigenvalue weighted by Crippen LogP contribution is 2.39. The van der Waals surface area contributed by atoms with Gasteiger partial charge in [-0.05, 0) is 44.2 Å². The normalized spacial score (nSPS) is 12.9. The summed E-state index contributed by atoms with van der Waals surface area (Å²) in [4.78, 5) is 28.0. The zero-order valence-electron chi connectivity index (χ0n) is 21.4. The van der Waals surface area contributed by atoms with E-state index in [1.54, 1.807) is 38.4 Å². The van der Waals surface area contributed by atoms with Gasteiger partial charge in [0, 0.05) is 31.4 Å². The molecule has 1 aliphatic heterocycles. The number of carbonyl (C=O) groups excluding carboxylic acids is 1. The average Bonchev–Trinajstić information content (AvgIpc) is 3.30. The highest BCUT2D eigenvalue weighted by Gasteiger charge is 2.25. The van der Waals surface area contributed by atoms with E-state index in [0.717, 1.165) is 6.20 Å². The Hall–Kier alpha value is -4.48. The molecule has 10 nitrogen and oxygen atoms in total. The van der Waals surface area contributed by atoms with Gasteiger partial charge < -0.3 is 29.6 Å². The molecule has 0 fully saturated rings. The third-order valence-corrected chi connectivity index (χ3v) is 6.09. The lowest BCUT2D eigenvalue weighted by molar-refractivity contribution is -0.126. The number of ether oxygens (including phenoxy) is 1. The van der Waals surface area contributed by atoms with Crippen molar-refractivity contribution in [3.8, 4) is 17.0 Å². The molecule has 2 N–H and O–H groups in total. The number of rotatable bonds is 7. The Balaban J connectivity index is 1.40. The number of oxazole rings is 1. The van der Waals surface area contributed by atoms with Gasteiger partial charge in [-0.1, -0.05) is 0 Å². The quantitative estimate of drug-likeness (QED) is 0.364. The van der Waals surface area contributed by atoms with Crippen molar-refractivity contribution in [3.05, 3.63) is 48.2 Å². The minimum Gasteiger partial charge on any atom is -0.486 e. The Morgan fingerprint density at radius 3 is 2.74 bits per heavy atom. The third kappa shape index (κ3) is 5.01. The van der Waals surface area contributed by atoms with E-state index < -0.39 is 11.6 Å². The van der Waals surface area contributed by atoms with E-state index in [4.69, 9.17) is 9.15 Å². The van der Waals surface area contributed by atoms with Crippen LogP contribution in [0.2, 0.25) is 0 Å². The zero-order chi connectivity index (χ0) is 27.0. The van der Waals surface area contributed by atoms with Crippen LogP contribution in [0.4, 0.5) is 32.1 Å². The molecule has 1 aliphatic rings. The number of benzene rings is 2. The van der Waals surface area contributed by atoms with Gasteiger partial charge in [0.25, 0.3) is 6.01 Å². The Kier molecular flexibility index (Phi) is 6.70. The number of nitrogens with zero attached hydrogens (tertiary/aromatic N) is 5. The van der Waals surface area contributed by atoms with Crippen molar-refractivity contribution in [2.45, 2.75) is 19.9 Å². The molecule has 0 saturated carbocycles. The van der Waals surface area contributed by atoms with E-state index >= 15 is 0 Å². The van der Waals surface area contributed by atoms with Gasteiger partial charge in [-0.2, -0.15) is 4.98 Å². The van der Waals surface area contributed by atoms with Crippen LogP contribution in [0, 0.1) is 11.6 Å². The van der Waals surface area contributed by atoms with Crippen molar-refractivity contribution in [3.63, 3.8) is 0 Å². The van der Waals surface area contributed by atoms with Gasteiger partial charge in [0.05, 0.1) is 25.0 Å². The summed E-state index contributed by atoms with van der Waals surface area (Å²) in [6.45, 7) is 5.02. The van der Waals surface area contributed by atoms with Gasteiger partial charge in [0.15, 0.2) is 23.0 Å². The topological polar surface area (TPSA) is 109 Å². The SMILES string of the molecule is CC(C)N1CCOc2c(F)cc(-c3nc(Nc4ccc5oc(NCC(=O)N(C)C)nc5c4)ncc3F)cc21. The maximum absolute atomic E-state index is 14.9. The van der Waals surface area contributed by atoms with Crippen molar-refractivity contribution < 1.29 is 22.7 Å². The van der Waals surface area contributed by atoms with Crippen molar-refractivity contribution in [2.24, 2.45) is 0 Å². The maximum atomic E-state index is 14.9. The number of halogens is 2. The van der Waals surface area contributed by atoms with E-state index in [0.29, 0.717) is 35.6 Å². The van der Waals surface area contributed by atoms with E-state index in [9.17, 15) is 13.6 Å². The molecule has 5 rings (SSSR count). The summed E-state index contributed by atoms with van der Waals surface area (Å²) in [5.41, 5.74) is 2.41. The van der Waals surface area contributed by atoms with Gasteiger partial charge >= 0.3 is 0 Å². The molecule has 0 aliphatic carbocycles. The first kappa shape index (κ1) is 25.2. The van der Waals surface area contributed by atoms with Gasteiger partial charge in [0.1, 0.15) is 17.8 Å². The molecule has 198 valence electrons. The molecule has 38 heavy (non-hydrogen) atoms. The first-order valence-corrected chi connectivity index (χ1v) is 12.1. The zero-order valence-corrected chi connectivity index (χ0v) is 21.4. The smallest absolute Gasteiger partial charge is 0.296 e. The fourth-order valence-electron chi connectivity index (χ4n) is 4.12. The van der Waals surface area contributed by atoms with Gasteiger partial charge in [-0.3, -0.25) is 4.79 Å². The van der Waals surface area contributed by atoms with E-state index in [2.05, 4.69) is 25.6 Å². The van der Waals surface area contributed by atoms with E-state index in [-0.39, 0.29) is 47.5 Å². The number of amides is 1. The molecule has 0 bridgehead atoms. The van der Waals surface area contributed by atoms with E-state index in [1.807, 2.05) is 18.7 Å². The molecule has 2 aromatic heterocycles. The lowest BCUT2D eigenvalue weighted by atomic mass is 10.1. The third-order valence-electron chi connectivity index (χ3n) is 6.09. The van der Waals surface area contributed by atoms with Crippen LogP contribution in [-0.2, 0) is 4.79 Å². The van der Waals surface area contributed by atoms with Crippen LogP contribution in [-0.4, -0.2) is 65.6 Å². The predicted molar refractivity (Wildman–Crippen MR) is 140 cm³/mol.